The normalized spacial score (nSPS) is 14.2. The average Bonchev–Trinajstić information content (AvgIpc) is 3.00. The van der Waals surface area contributed by atoms with E-state index < -0.39 is 5.82 Å². The molecule has 30 heavy (non-hydrogen) atoms. The van der Waals surface area contributed by atoms with Gasteiger partial charge in [-0.2, -0.15) is 0 Å². The Morgan fingerprint density at radius 1 is 1.13 bits per heavy atom. The van der Waals surface area contributed by atoms with E-state index in [9.17, 15) is 9.18 Å². The van der Waals surface area contributed by atoms with E-state index in [0.29, 0.717) is 22.6 Å². The third kappa shape index (κ3) is 4.65. The lowest BCUT2D eigenvalue weighted by Crippen LogP contribution is -2.32. The highest BCUT2D eigenvalue weighted by molar-refractivity contribution is 6.31. The molecule has 158 valence electrons. The molecule has 1 N–H and O–H groups in total. The number of hydrogen-bond acceptors (Lipinski definition) is 4. The Morgan fingerprint density at radius 3 is 2.57 bits per heavy atom. The van der Waals surface area contributed by atoms with Gasteiger partial charge in [-0.25, -0.2) is 14.4 Å². The van der Waals surface area contributed by atoms with E-state index in [4.69, 9.17) is 11.6 Å². The summed E-state index contributed by atoms with van der Waals surface area (Å²) in [5.41, 5.74) is 3.07. The zero-order valence-corrected chi connectivity index (χ0v) is 18.2. The molecule has 1 aliphatic rings. The molecule has 0 atom stereocenters. The molecule has 0 aliphatic carbocycles. The Kier molecular flexibility index (Phi) is 7.10. The number of aromatic nitrogens is 2. The van der Waals surface area contributed by atoms with Gasteiger partial charge < -0.3 is 10.2 Å². The van der Waals surface area contributed by atoms with Crippen molar-refractivity contribution in [2.75, 3.05) is 18.4 Å². The Labute approximate surface area is 186 Å². The molecule has 5 nitrogen and oxygen atoms in total. The third-order valence-corrected chi connectivity index (χ3v) is 5.47. The van der Waals surface area contributed by atoms with Crippen LogP contribution in [0.15, 0.2) is 36.5 Å². The number of carbonyl (C=O) groups excluding carboxylic acids is 1. The van der Waals surface area contributed by atoms with Gasteiger partial charge in [-0.05, 0) is 50.1 Å². The maximum absolute atomic E-state index is 13.6. The van der Waals surface area contributed by atoms with E-state index in [2.05, 4.69) is 15.3 Å². The highest BCUT2D eigenvalue weighted by Crippen LogP contribution is 2.31. The van der Waals surface area contributed by atoms with Gasteiger partial charge >= 0.3 is 0 Å². The standard InChI is InChI=1S/C22H22ClFN4O.ClH/c1-14-6-8-16-20(27-15-7-9-19(24)18(23)12-15)17(13-25-21(16)26-14)22(29)28-10-4-2-3-5-11-28;/h6-9,12-13H,2-5,10-11H2,1H3,(H,25,26,27);1H. The molecule has 0 spiro atoms. The molecule has 0 radical (unpaired) electrons. The van der Waals surface area contributed by atoms with Crippen molar-refractivity contribution in [2.45, 2.75) is 32.6 Å². The molecule has 3 aromatic rings. The van der Waals surface area contributed by atoms with Crippen LogP contribution in [0.2, 0.25) is 5.02 Å². The summed E-state index contributed by atoms with van der Waals surface area (Å²) < 4.78 is 13.6. The van der Waals surface area contributed by atoms with Gasteiger partial charge in [-0.15, -0.1) is 12.4 Å². The summed E-state index contributed by atoms with van der Waals surface area (Å²) in [6.45, 7) is 3.37. The zero-order chi connectivity index (χ0) is 20.4. The van der Waals surface area contributed by atoms with Crippen LogP contribution in [0.4, 0.5) is 15.8 Å². The first kappa shape index (κ1) is 22.2. The molecular formula is C22H23Cl2FN4O. The van der Waals surface area contributed by atoms with Crippen molar-refractivity contribution >= 4 is 52.3 Å². The van der Waals surface area contributed by atoms with E-state index in [1.54, 1.807) is 12.3 Å². The fourth-order valence-electron chi connectivity index (χ4n) is 3.63. The van der Waals surface area contributed by atoms with Gasteiger partial charge in [0.25, 0.3) is 5.91 Å². The maximum atomic E-state index is 13.6. The van der Waals surface area contributed by atoms with Crippen LogP contribution < -0.4 is 5.32 Å². The number of pyridine rings is 2. The van der Waals surface area contributed by atoms with Crippen LogP contribution >= 0.6 is 24.0 Å². The second kappa shape index (κ2) is 9.58. The van der Waals surface area contributed by atoms with E-state index >= 15 is 0 Å². The quantitative estimate of drug-likeness (QED) is 0.540. The Bertz CT molecular complexity index is 1070. The molecule has 0 saturated carbocycles. The number of fused-ring (bicyclic) bond motifs is 1. The molecule has 3 heterocycles. The number of hydrogen-bond donors (Lipinski definition) is 1. The highest BCUT2D eigenvalue weighted by atomic mass is 35.5. The van der Waals surface area contributed by atoms with Crippen molar-refractivity contribution in [3.05, 3.63) is 58.6 Å². The van der Waals surface area contributed by atoms with Crippen molar-refractivity contribution in [3.8, 4) is 0 Å². The molecule has 1 fully saturated rings. The van der Waals surface area contributed by atoms with Crippen molar-refractivity contribution in [3.63, 3.8) is 0 Å². The summed E-state index contributed by atoms with van der Waals surface area (Å²) >= 11 is 5.95. The first-order valence-corrected chi connectivity index (χ1v) is 10.2. The van der Waals surface area contributed by atoms with Crippen molar-refractivity contribution in [2.24, 2.45) is 0 Å². The molecule has 4 rings (SSSR count). The lowest BCUT2D eigenvalue weighted by Gasteiger charge is -2.22. The maximum Gasteiger partial charge on any atom is 0.257 e. The summed E-state index contributed by atoms with van der Waals surface area (Å²) in [5.74, 6) is -0.549. The number of anilines is 2. The van der Waals surface area contributed by atoms with Crippen LogP contribution in [0.5, 0.6) is 0 Å². The highest BCUT2D eigenvalue weighted by Gasteiger charge is 2.23. The fourth-order valence-corrected chi connectivity index (χ4v) is 3.81. The predicted octanol–water partition coefficient (Wildman–Crippen LogP) is 5.91. The topological polar surface area (TPSA) is 58.1 Å². The number of nitrogens with one attached hydrogen (secondary N) is 1. The fraction of sp³-hybridized carbons (Fsp3) is 0.318. The lowest BCUT2D eigenvalue weighted by molar-refractivity contribution is 0.0762. The monoisotopic (exact) mass is 448 g/mol. The minimum Gasteiger partial charge on any atom is -0.354 e. The third-order valence-electron chi connectivity index (χ3n) is 5.18. The Hall–Kier alpha value is -2.44. The first-order valence-electron chi connectivity index (χ1n) is 9.80. The molecule has 1 amide bonds. The van der Waals surface area contributed by atoms with Crippen LogP contribution in [0, 0.1) is 12.7 Å². The van der Waals surface area contributed by atoms with Crippen LogP contribution in [0.3, 0.4) is 0 Å². The number of aryl methyl sites for hydroxylation is 1. The molecule has 8 heteroatoms. The van der Waals surface area contributed by atoms with Gasteiger partial charge in [0, 0.05) is 36.1 Å². The second-order valence-electron chi connectivity index (χ2n) is 7.33. The van der Waals surface area contributed by atoms with Crippen molar-refractivity contribution in [1.82, 2.24) is 14.9 Å². The van der Waals surface area contributed by atoms with Gasteiger partial charge in [-0.1, -0.05) is 24.4 Å². The smallest absolute Gasteiger partial charge is 0.257 e. The minimum absolute atomic E-state index is 0. The van der Waals surface area contributed by atoms with E-state index in [1.807, 2.05) is 24.0 Å². The summed E-state index contributed by atoms with van der Waals surface area (Å²) in [5, 5.41) is 4.01. The van der Waals surface area contributed by atoms with E-state index in [1.165, 1.54) is 12.1 Å². The molecular weight excluding hydrogens is 426 g/mol. The zero-order valence-electron chi connectivity index (χ0n) is 16.6. The van der Waals surface area contributed by atoms with Gasteiger partial charge in [0.15, 0.2) is 5.65 Å². The van der Waals surface area contributed by atoms with Gasteiger partial charge in [0.1, 0.15) is 5.82 Å². The number of rotatable bonds is 3. The first-order chi connectivity index (χ1) is 14.0. The second-order valence-corrected chi connectivity index (χ2v) is 7.74. The van der Waals surface area contributed by atoms with Crippen molar-refractivity contribution < 1.29 is 9.18 Å². The predicted molar refractivity (Wildman–Crippen MR) is 121 cm³/mol. The van der Waals surface area contributed by atoms with Crippen LogP contribution in [-0.4, -0.2) is 33.9 Å². The average molecular weight is 449 g/mol. The minimum atomic E-state index is -0.491. The van der Waals surface area contributed by atoms with Gasteiger partial charge in [0.2, 0.25) is 0 Å². The summed E-state index contributed by atoms with van der Waals surface area (Å²) in [6, 6.07) is 8.18. The number of carbonyl (C=O) groups is 1. The summed E-state index contributed by atoms with van der Waals surface area (Å²) in [6.07, 6.45) is 5.87. The van der Waals surface area contributed by atoms with E-state index in [0.717, 1.165) is 49.9 Å². The molecule has 2 aromatic heterocycles. The van der Waals surface area contributed by atoms with E-state index in [-0.39, 0.29) is 23.3 Å². The summed E-state index contributed by atoms with van der Waals surface area (Å²) in [7, 11) is 0. The lowest BCUT2D eigenvalue weighted by atomic mass is 10.1. The van der Waals surface area contributed by atoms with Gasteiger partial charge in [0.05, 0.1) is 16.3 Å². The molecule has 0 bridgehead atoms. The van der Waals surface area contributed by atoms with Crippen LogP contribution in [-0.2, 0) is 0 Å². The molecule has 1 saturated heterocycles. The largest absolute Gasteiger partial charge is 0.354 e. The summed E-state index contributed by atoms with van der Waals surface area (Å²) in [4.78, 5) is 24.1. The molecule has 1 aromatic carbocycles. The van der Waals surface area contributed by atoms with Crippen LogP contribution in [0.25, 0.3) is 11.0 Å². The molecule has 1 aliphatic heterocycles. The number of nitrogens with zero attached hydrogens (tertiary/aromatic N) is 3. The molecule has 0 unspecified atom stereocenters. The van der Waals surface area contributed by atoms with Gasteiger partial charge in [-0.3, -0.25) is 4.79 Å². The Balaban J connectivity index is 0.00000256. The number of likely N-dealkylation sites (tertiary alicyclic amines) is 1. The number of halogens is 3. The van der Waals surface area contributed by atoms with Crippen LogP contribution in [0.1, 0.15) is 41.7 Å². The Morgan fingerprint density at radius 2 is 1.87 bits per heavy atom. The number of benzene rings is 1. The van der Waals surface area contributed by atoms with Crippen molar-refractivity contribution in [1.29, 1.82) is 0 Å². The number of amides is 1. The SMILES string of the molecule is Cc1ccc2c(Nc3ccc(F)c(Cl)c3)c(C(=O)N3CCCCCC3)cnc2n1.Cl.